The third-order valence-electron chi connectivity index (χ3n) is 8.21. The fourth-order valence-corrected chi connectivity index (χ4v) is 6.21. The number of halogens is 1. The highest BCUT2D eigenvalue weighted by Crippen LogP contribution is 2.59. The van der Waals surface area contributed by atoms with Gasteiger partial charge in [-0.1, -0.05) is 35.2 Å². The van der Waals surface area contributed by atoms with E-state index in [0.717, 1.165) is 62.3 Å². The van der Waals surface area contributed by atoms with E-state index in [9.17, 15) is 14.4 Å². The van der Waals surface area contributed by atoms with Crippen LogP contribution >= 0.6 is 15.9 Å². The molecule has 2 aromatic heterocycles. The lowest BCUT2D eigenvalue weighted by Gasteiger charge is -2.39. The van der Waals surface area contributed by atoms with Crippen LogP contribution in [0, 0.1) is 12.3 Å². The summed E-state index contributed by atoms with van der Waals surface area (Å²) in [4.78, 5) is 47.3. The third kappa shape index (κ3) is 5.44. The molecule has 0 radical (unpaired) electrons. The second kappa shape index (κ2) is 10.6. The van der Waals surface area contributed by atoms with Crippen molar-refractivity contribution in [2.45, 2.75) is 89.6 Å². The Morgan fingerprint density at radius 1 is 1.00 bits per heavy atom. The van der Waals surface area contributed by atoms with E-state index in [-0.39, 0.29) is 17.4 Å². The Kier molecular flexibility index (Phi) is 7.38. The van der Waals surface area contributed by atoms with Gasteiger partial charge in [0.2, 0.25) is 5.91 Å². The first-order valence-electron chi connectivity index (χ1n) is 13.4. The van der Waals surface area contributed by atoms with Crippen LogP contribution in [0.15, 0.2) is 23.3 Å². The molecule has 0 bridgehead atoms. The zero-order chi connectivity index (χ0) is 26.0. The molecule has 0 aromatic carbocycles. The number of aromatic nitrogens is 3. The summed E-state index contributed by atoms with van der Waals surface area (Å²) in [7, 11) is 0. The van der Waals surface area contributed by atoms with E-state index in [0.29, 0.717) is 34.9 Å². The first kappa shape index (κ1) is 25.9. The molecule has 2 fully saturated rings. The second-order valence-corrected chi connectivity index (χ2v) is 11.7. The lowest BCUT2D eigenvalue weighted by atomic mass is 9.79. The normalized spacial score (nSPS) is 18.5. The highest BCUT2D eigenvalue weighted by Gasteiger charge is 2.54. The van der Waals surface area contributed by atoms with Gasteiger partial charge in [-0.2, -0.15) is 0 Å². The number of carbonyl (C=O) groups is 2. The summed E-state index contributed by atoms with van der Waals surface area (Å²) in [6.45, 7) is 1.85. The van der Waals surface area contributed by atoms with Gasteiger partial charge in [-0.15, -0.1) is 0 Å². The van der Waals surface area contributed by atoms with Crippen molar-refractivity contribution in [2.75, 3.05) is 16.0 Å². The van der Waals surface area contributed by atoms with E-state index >= 15 is 0 Å². The summed E-state index contributed by atoms with van der Waals surface area (Å²) >= 11 is 3.43. The SMILES string of the molecule is Cc1cc(Nc2cc(NC(=O)CCCCCCCBr)ncn2)c(=O)n2c1C(=O)NC21CCC2(CC2)CC1. The minimum absolute atomic E-state index is 0.0872. The fourth-order valence-electron chi connectivity index (χ4n) is 5.82. The Hall–Kier alpha value is -2.75. The molecule has 2 saturated carbocycles. The molecule has 9 nitrogen and oxygen atoms in total. The van der Waals surface area contributed by atoms with Crippen molar-refractivity contribution in [2.24, 2.45) is 5.41 Å². The second-order valence-electron chi connectivity index (χ2n) is 10.9. The van der Waals surface area contributed by atoms with E-state index in [1.165, 1.54) is 25.6 Å². The summed E-state index contributed by atoms with van der Waals surface area (Å²) < 4.78 is 1.68. The molecule has 10 heteroatoms. The van der Waals surface area contributed by atoms with Crippen molar-refractivity contribution in [3.05, 3.63) is 40.1 Å². The number of hydrogen-bond donors (Lipinski definition) is 3. The molecule has 2 aliphatic carbocycles. The van der Waals surface area contributed by atoms with Crippen LogP contribution in [0.1, 0.15) is 93.1 Å². The van der Waals surface area contributed by atoms with E-state index in [2.05, 4.69) is 41.8 Å². The van der Waals surface area contributed by atoms with Crippen molar-refractivity contribution in [3.63, 3.8) is 0 Å². The molecule has 2 aromatic rings. The predicted octanol–water partition coefficient (Wildman–Crippen LogP) is 5.11. The van der Waals surface area contributed by atoms with Crippen LogP contribution < -0.4 is 21.5 Å². The molecule has 3 N–H and O–H groups in total. The lowest BCUT2D eigenvalue weighted by Crippen LogP contribution is -2.50. The highest BCUT2D eigenvalue weighted by atomic mass is 79.9. The fraction of sp³-hybridized carbons (Fsp3) is 0.593. The van der Waals surface area contributed by atoms with Gasteiger partial charge in [0.05, 0.1) is 0 Å². The Balaban J connectivity index is 1.28. The maximum Gasteiger partial charge on any atom is 0.276 e. The number of fused-ring (bicyclic) bond motifs is 2. The molecule has 5 rings (SSSR count). The van der Waals surface area contributed by atoms with Gasteiger partial charge >= 0.3 is 0 Å². The Morgan fingerprint density at radius 3 is 2.41 bits per heavy atom. The van der Waals surface area contributed by atoms with Gasteiger partial charge in [0, 0.05) is 17.8 Å². The van der Waals surface area contributed by atoms with Gasteiger partial charge < -0.3 is 16.0 Å². The summed E-state index contributed by atoms with van der Waals surface area (Å²) in [5, 5.41) is 10.1. The molecular weight excluding hydrogens is 536 g/mol. The zero-order valence-electron chi connectivity index (χ0n) is 21.4. The number of rotatable bonds is 10. The number of nitrogens with zero attached hydrogens (tertiary/aromatic N) is 3. The lowest BCUT2D eigenvalue weighted by molar-refractivity contribution is -0.116. The zero-order valence-corrected chi connectivity index (χ0v) is 23.0. The van der Waals surface area contributed by atoms with Crippen LogP contribution in [0.25, 0.3) is 0 Å². The molecule has 198 valence electrons. The van der Waals surface area contributed by atoms with Gasteiger partial charge in [-0.25, -0.2) is 9.97 Å². The van der Waals surface area contributed by atoms with Gasteiger partial charge in [0.25, 0.3) is 11.5 Å². The monoisotopic (exact) mass is 570 g/mol. The van der Waals surface area contributed by atoms with Gasteiger partial charge in [-0.3, -0.25) is 19.0 Å². The summed E-state index contributed by atoms with van der Waals surface area (Å²) in [5.74, 6) is 0.526. The van der Waals surface area contributed by atoms with Crippen molar-refractivity contribution < 1.29 is 9.59 Å². The quantitative estimate of drug-likeness (QED) is 0.269. The molecule has 2 amide bonds. The molecule has 0 unspecified atom stereocenters. The number of anilines is 3. The van der Waals surface area contributed by atoms with E-state index in [4.69, 9.17) is 0 Å². The topological polar surface area (TPSA) is 118 Å². The van der Waals surface area contributed by atoms with Gasteiger partial charge in [-0.05, 0) is 75.3 Å². The first-order valence-corrected chi connectivity index (χ1v) is 14.5. The minimum atomic E-state index is -0.654. The standard InChI is InChI=1S/C27H35BrN6O3/c1-18-15-19(25(37)34-23(18)24(36)33-27(34)12-10-26(8-9-26)11-13-27)31-20-16-21(30-17-29-20)32-22(35)7-5-3-2-4-6-14-28/h15-17H,2-14H2,1H3,(H,33,36)(H2,29,30,31,32,35). The molecule has 37 heavy (non-hydrogen) atoms. The number of hydrogen-bond acceptors (Lipinski definition) is 6. The van der Waals surface area contributed by atoms with Crippen LogP contribution in [0.2, 0.25) is 0 Å². The number of nitrogens with one attached hydrogen (secondary N) is 3. The summed E-state index contributed by atoms with van der Waals surface area (Å²) in [5.41, 5.74) is 1.08. The predicted molar refractivity (Wildman–Crippen MR) is 146 cm³/mol. The van der Waals surface area contributed by atoms with Crippen molar-refractivity contribution >= 4 is 45.1 Å². The average molecular weight is 572 g/mol. The highest BCUT2D eigenvalue weighted by molar-refractivity contribution is 9.09. The number of unbranched alkanes of at least 4 members (excludes halogenated alkanes) is 4. The van der Waals surface area contributed by atoms with Crippen molar-refractivity contribution in [1.82, 2.24) is 19.9 Å². The third-order valence-corrected chi connectivity index (χ3v) is 8.77. The number of pyridine rings is 1. The molecule has 0 saturated heterocycles. The van der Waals surface area contributed by atoms with Gasteiger partial charge in [0.15, 0.2) is 0 Å². The van der Waals surface area contributed by atoms with E-state index in [1.807, 2.05) is 6.92 Å². The molecule has 3 heterocycles. The smallest absolute Gasteiger partial charge is 0.276 e. The van der Waals surface area contributed by atoms with Crippen LogP contribution in [-0.2, 0) is 10.5 Å². The minimum Gasteiger partial charge on any atom is -0.336 e. The number of carbonyl (C=O) groups excluding carboxylic acids is 2. The van der Waals surface area contributed by atoms with E-state index in [1.54, 1.807) is 16.7 Å². The largest absolute Gasteiger partial charge is 0.336 e. The Morgan fingerprint density at radius 2 is 1.68 bits per heavy atom. The summed E-state index contributed by atoms with van der Waals surface area (Å²) in [6.07, 6.45) is 13.2. The Bertz CT molecular complexity index is 1250. The van der Waals surface area contributed by atoms with Crippen LogP contribution in [-0.4, -0.2) is 31.7 Å². The number of aryl methyl sites for hydroxylation is 1. The molecule has 3 aliphatic rings. The Labute approximate surface area is 225 Å². The molecule has 0 atom stereocenters. The first-order chi connectivity index (χ1) is 17.8. The number of amides is 2. The molecule has 2 spiro atoms. The van der Waals surface area contributed by atoms with Crippen LogP contribution in [0.4, 0.5) is 17.3 Å². The van der Waals surface area contributed by atoms with Crippen LogP contribution in [0.5, 0.6) is 0 Å². The maximum atomic E-state index is 13.7. The number of alkyl halides is 1. The van der Waals surface area contributed by atoms with Crippen molar-refractivity contribution in [3.8, 4) is 0 Å². The maximum absolute atomic E-state index is 13.7. The molecular formula is C27H35BrN6O3. The average Bonchev–Trinajstić information content (AvgIpc) is 3.57. The van der Waals surface area contributed by atoms with Crippen molar-refractivity contribution in [1.29, 1.82) is 0 Å². The van der Waals surface area contributed by atoms with Gasteiger partial charge in [0.1, 0.15) is 35.0 Å². The van der Waals surface area contributed by atoms with Crippen LogP contribution in [0.3, 0.4) is 0 Å². The van der Waals surface area contributed by atoms with E-state index < -0.39 is 5.66 Å². The molecule has 1 aliphatic heterocycles. The summed E-state index contributed by atoms with van der Waals surface area (Å²) in [6, 6.07) is 3.32.